The maximum absolute atomic E-state index is 11.6. The monoisotopic (exact) mass is 253 g/mol. The summed E-state index contributed by atoms with van der Waals surface area (Å²) in [7, 11) is 0. The number of rotatable bonds is 3. The van der Waals surface area contributed by atoms with Gasteiger partial charge in [0.2, 0.25) is 0 Å². The van der Waals surface area contributed by atoms with Gasteiger partial charge in [0.05, 0.1) is 0 Å². The standard InChI is InChI=1S/C14H23NO3/c1-14(2,3)18-13(17)15-12-8-6-11(7-9-12)5-4-10-16/h4-5,10-12H,6-9H2,1-3H3,(H,15,17)/b5-4+. The SMILES string of the molecule is CC(C)(C)OC(=O)NC1CCC(/C=C/C=O)CC1. The highest BCUT2D eigenvalue weighted by molar-refractivity contribution is 5.68. The van der Waals surface area contributed by atoms with Crippen LogP contribution in [0.3, 0.4) is 0 Å². The molecule has 0 bridgehead atoms. The number of aldehydes is 1. The van der Waals surface area contributed by atoms with Crippen molar-refractivity contribution in [2.24, 2.45) is 5.92 Å². The van der Waals surface area contributed by atoms with Crippen LogP contribution >= 0.6 is 0 Å². The van der Waals surface area contributed by atoms with E-state index in [-0.39, 0.29) is 12.1 Å². The molecule has 0 aromatic carbocycles. The van der Waals surface area contributed by atoms with Crippen LogP contribution in [0.15, 0.2) is 12.2 Å². The minimum absolute atomic E-state index is 0.195. The predicted molar refractivity (Wildman–Crippen MR) is 70.3 cm³/mol. The normalized spacial score (nSPS) is 24.8. The van der Waals surface area contributed by atoms with Crippen molar-refractivity contribution in [2.45, 2.75) is 58.1 Å². The van der Waals surface area contributed by atoms with Crippen molar-refractivity contribution in [2.75, 3.05) is 0 Å². The highest BCUT2D eigenvalue weighted by Gasteiger charge is 2.23. The fourth-order valence-electron chi connectivity index (χ4n) is 2.13. The summed E-state index contributed by atoms with van der Waals surface area (Å²) in [6.45, 7) is 5.56. The first-order chi connectivity index (χ1) is 8.40. The molecule has 1 aliphatic rings. The number of nitrogens with one attached hydrogen (secondary N) is 1. The van der Waals surface area contributed by atoms with Crippen LogP contribution in [-0.2, 0) is 9.53 Å². The van der Waals surface area contributed by atoms with Crippen molar-refractivity contribution < 1.29 is 14.3 Å². The Morgan fingerprint density at radius 1 is 1.22 bits per heavy atom. The van der Waals surface area contributed by atoms with Crippen molar-refractivity contribution in [3.8, 4) is 0 Å². The zero-order valence-electron chi connectivity index (χ0n) is 11.4. The number of carbonyl (C=O) groups is 2. The molecule has 0 radical (unpaired) electrons. The summed E-state index contributed by atoms with van der Waals surface area (Å²) >= 11 is 0. The lowest BCUT2D eigenvalue weighted by Gasteiger charge is -2.28. The molecule has 0 atom stereocenters. The maximum Gasteiger partial charge on any atom is 0.407 e. The van der Waals surface area contributed by atoms with Gasteiger partial charge in [0.1, 0.15) is 11.9 Å². The van der Waals surface area contributed by atoms with Gasteiger partial charge >= 0.3 is 6.09 Å². The molecule has 102 valence electrons. The second kappa shape index (κ2) is 6.57. The summed E-state index contributed by atoms with van der Waals surface area (Å²) in [6.07, 6.45) is 7.87. The Morgan fingerprint density at radius 3 is 2.33 bits per heavy atom. The van der Waals surface area contributed by atoms with Crippen LogP contribution < -0.4 is 5.32 Å². The molecule has 1 aliphatic carbocycles. The van der Waals surface area contributed by atoms with Gasteiger partial charge in [0.15, 0.2) is 0 Å². The predicted octanol–water partition coefficient (Wildman–Crippen LogP) is 2.83. The molecule has 1 N–H and O–H groups in total. The van der Waals surface area contributed by atoms with E-state index in [1.165, 1.54) is 0 Å². The molecule has 1 rings (SSSR count). The van der Waals surface area contributed by atoms with Crippen LogP contribution in [0.1, 0.15) is 46.5 Å². The lowest BCUT2D eigenvalue weighted by Crippen LogP contribution is -2.40. The van der Waals surface area contributed by atoms with Gasteiger partial charge in [0, 0.05) is 6.04 Å². The van der Waals surface area contributed by atoms with Gasteiger partial charge in [-0.3, -0.25) is 4.79 Å². The fraction of sp³-hybridized carbons (Fsp3) is 0.714. The molecular formula is C14H23NO3. The molecule has 1 amide bonds. The summed E-state index contributed by atoms with van der Waals surface area (Å²) in [4.78, 5) is 21.8. The van der Waals surface area contributed by atoms with Gasteiger partial charge < -0.3 is 10.1 Å². The first-order valence-electron chi connectivity index (χ1n) is 6.52. The molecule has 0 unspecified atom stereocenters. The van der Waals surface area contributed by atoms with Gasteiger partial charge in [-0.2, -0.15) is 0 Å². The fourth-order valence-corrected chi connectivity index (χ4v) is 2.13. The molecule has 4 nitrogen and oxygen atoms in total. The zero-order chi connectivity index (χ0) is 13.6. The Balaban J connectivity index is 2.29. The molecular weight excluding hydrogens is 230 g/mol. The van der Waals surface area contributed by atoms with E-state index in [1.54, 1.807) is 6.08 Å². The average Bonchev–Trinajstić information content (AvgIpc) is 2.25. The molecule has 0 aromatic rings. The van der Waals surface area contributed by atoms with Crippen molar-refractivity contribution in [1.82, 2.24) is 5.32 Å². The van der Waals surface area contributed by atoms with Crippen molar-refractivity contribution >= 4 is 12.4 Å². The summed E-state index contributed by atoms with van der Waals surface area (Å²) in [6, 6.07) is 0.195. The minimum Gasteiger partial charge on any atom is -0.444 e. The van der Waals surface area contributed by atoms with Crippen molar-refractivity contribution in [1.29, 1.82) is 0 Å². The van der Waals surface area contributed by atoms with E-state index in [0.717, 1.165) is 32.0 Å². The van der Waals surface area contributed by atoms with Gasteiger partial charge in [-0.1, -0.05) is 6.08 Å². The van der Waals surface area contributed by atoms with E-state index < -0.39 is 5.60 Å². The number of hydrogen-bond donors (Lipinski definition) is 1. The Morgan fingerprint density at radius 2 is 1.83 bits per heavy atom. The summed E-state index contributed by atoms with van der Waals surface area (Å²) in [5, 5.41) is 2.90. The highest BCUT2D eigenvalue weighted by atomic mass is 16.6. The third kappa shape index (κ3) is 5.84. The van der Waals surface area contributed by atoms with Crippen LogP contribution in [0.4, 0.5) is 4.79 Å². The largest absolute Gasteiger partial charge is 0.444 e. The zero-order valence-corrected chi connectivity index (χ0v) is 11.4. The van der Waals surface area contributed by atoms with Crippen LogP contribution in [0, 0.1) is 5.92 Å². The van der Waals surface area contributed by atoms with Gasteiger partial charge in [-0.25, -0.2) is 4.79 Å². The Labute approximate surface area is 109 Å². The molecule has 1 saturated carbocycles. The smallest absolute Gasteiger partial charge is 0.407 e. The third-order valence-corrected chi connectivity index (χ3v) is 2.95. The quantitative estimate of drug-likeness (QED) is 0.621. The molecule has 18 heavy (non-hydrogen) atoms. The second-order valence-corrected chi connectivity index (χ2v) is 5.78. The Bertz CT molecular complexity index is 309. The lowest BCUT2D eigenvalue weighted by molar-refractivity contribution is -0.104. The Hall–Kier alpha value is -1.32. The molecule has 0 saturated heterocycles. The lowest BCUT2D eigenvalue weighted by atomic mass is 9.86. The number of hydrogen-bond acceptors (Lipinski definition) is 3. The van der Waals surface area contributed by atoms with Crippen LogP contribution in [-0.4, -0.2) is 24.0 Å². The van der Waals surface area contributed by atoms with E-state index in [0.29, 0.717) is 5.92 Å². The first kappa shape index (κ1) is 14.7. The van der Waals surface area contributed by atoms with Crippen LogP contribution in [0.2, 0.25) is 0 Å². The van der Waals surface area contributed by atoms with E-state index in [1.807, 2.05) is 26.8 Å². The summed E-state index contributed by atoms with van der Waals surface area (Å²) in [5.41, 5.74) is -0.450. The second-order valence-electron chi connectivity index (χ2n) is 5.78. The molecule has 4 heteroatoms. The van der Waals surface area contributed by atoms with E-state index >= 15 is 0 Å². The molecule has 1 fully saturated rings. The number of ether oxygens (including phenoxy) is 1. The number of alkyl carbamates (subject to hydrolysis) is 1. The molecule has 0 spiro atoms. The molecule has 0 aromatic heterocycles. The third-order valence-electron chi connectivity index (χ3n) is 2.95. The topological polar surface area (TPSA) is 55.4 Å². The van der Waals surface area contributed by atoms with Gasteiger partial charge in [-0.15, -0.1) is 0 Å². The Kier molecular flexibility index (Phi) is 5.38. The van der Waals surface area contributed by atoms with Crippen molar-refractivity contribution in [3.05, 3.63) is 12.2 Å². The van der Waals surface area contributed by atoms with E-state index in [2.05, 4.69) is 5.32 Å². The number of amides is 1. The maximum atomic E-state index is 11.6. The van der Waals surface area contributed by atoms with Crippen molar-refractivity contribution in [3.63, 3.8) is 0 Å². The molecule has 0 aliphatic heterocycles. The van der Waals surface area contributed by atoms with Crippen LogP contribution in [0.25, 0.3) is 0 Å². The first-order valence-corrected chi connectivity index (χ1v) is 6.52. The van der Waals surface area contributed by atoms with E-state index in [9.17, 15) is 9.59 Å². The highest BCUT2D eigenvalue weighted by Crippen LogP contribution is 2.25. The molecule has 0 heterocycles. The number of carbonyl (C=O) groups excluding carboxylic acids is 2. The van der Waals surface area contributed by atoms with Crippen LogP contribution in [0.5, 0.6) is 0 Å². The number of allylic oxidation sites excluding steroid dienone is 2. The summed E-state index contributed by atoms with van der Waals surface area (Å²) in [5.74, 6) is 0.465. The average molecular weight is 253 g/mol. The van der Waals surface area contributed by atoms with Gasteiger partial charge in [0.25, 0.3) is 0 Å². The summed E-state index contributed by atoms with van der Waals surface area (Å²) < 4.78 is 5.22. The van der Waals surface area contributed by atoms with Gasteiger partial charge in [-0.05, 0) is 58.4 Å². The minimum atomic E-state index is -0.450. The van der Waals surface area contributed by atoms with E-state index in [4.69, 9.17) is 4.74 Å².